The monoisotopic (exact) mass is 466 g/mol. The maximum absolute atomic E-state index is 12.1. The summed E-state index contributed by atoms with van der Waals surface area (Å²) in [6, 6.07) is 21.3. The fraction of sp³-hybridized carbons (Fsp3) is 0.120. The van der Waals surface area contributed by atoms with E-state index in [9.17, 15) is 15.0 Å². The molecule has 162 valence electrons. The van der Waals surface area contributed by atoms with Crippen molar-refractivity contribution in [2.75, 3.05) is 0 Å². The zero-order valence-electron chi connectivity index (χ0n) is 17.2. The lowest BCUT2D eigenvalue weighted by Crippen LogP contribution is -2.15. The second-order valence-corrected chi connectivity index (χ2v) is 8.40. The predicted octanol–water partition coefficient (Wildman–Crippen LogP) is 6.27. The minimum Gasteiger partial charge on any atom is -0.508 e. The molecule has 1 aromatic heterocycles. The lowest BCUT2D eigenvalue weighted by atomic mass is 9.93. The van der Waals surface area contributed by atoms with Crippen LogP contribution in [-0.2, 0) is 11.2 Å². The molecule has 4 aromatic rings. The number of hydrogen-bond acceptors (Lipinski definition) is 3. The van der Waals surface area contributed by atoms with E-state index in [0.29, 0.717) is 15.7 Å². The Kier molecular flexibility index (Phi) is 6.21. The Morgan fingerprint density at radius 3 is 2.41 bits per heavy atom. The van der Waals surface area contributed by atoms with Gasteiger partial charge in [-0.1, -0.05) is 59.1 Å². The molecular formula is C25H20Cl2N2O3. The van der Waals surface area contributed by atoms with Crippen molar-refractivity contribution in [1.29, 1.82) is 0 Å². The predicted molar refractivity (Wildman–Crippen MR) is 126 cm³/mol. The lowest BCUT2D eigenvalue weighted by molar-refractivity contribution is -0.138. The molecule has 2 N–H and O–H groups in total. The molecule has 1 atom stereocenters. The van der Waals surface area contributed by atoms with Crippen LogP contribution in [0.15, 0.2) is 72.8 Å². The van der Waals surface area contributed by atoms with Gasteiger partial charge < -0.3 is 10.2 Å². The standard InChI is InChI=1S/C25H20Cl2N2O3/c1-15-3-2-4-16(11-15)21(25(31)32)13-18-14-24(17-5-10-22(26)23(27)12-17)29(28-18)19-6-8-20(30)9-7-19/h2-12,14,21,30H,13H2,1H3,(H,31,32). The van der Waals surface area contributed by atoms with Crippen molar-refractivity contribution in [1.82, 2.24) is 9.78 Å². The molecule has 0 aliphatic heterocycles. The number of carbonyl (C=O) groups is 1. The largest absolute Gasteiger partial charge is 0.508 e. The summed E-state index contributed by atoms with van der Waals surface area (Å²) in [4.78, 5) is 12.1. The molecule has 3 aromatic carbocycles. The highest BCUT2D eigenvalue weighted by Gasteiger charge is 2.23. The lowest BCUT2D eigenvalue weighted by Gasteiger charge is -2.12. The van der Waals surface area contributed by atoms with Gasteiger partial charge in [0.15, 0.2) is 0 Å². The first-order chi connectivity index (χ1) is 15.3. The summed E-state index contributed by atoms with van der Waals surface area (Å²) in [5, 5.41) is 25.1. The molecule has 1 heterocycles. The molecule has 32 heavy (non-hydrogen) atoms. The van der Waals surface area contributed by atoms with Gasteiger partial charge in [-0.15, -0.1) is 0 Å². The van der Waals surface area contributed by atoms with Crippen molar-refractivity contribution in [3.05, 3.63) is 99.7 Å². The number of hydrogen-bond donors (Lipinski definition) is 2. The number of nitrogens with zero attached hydrogens (tertiary/aromatic N) is 2. The molecular weight excluding hydrogens is 447 g/mol. The fourth-order valence-corrected chi connectivity index (χ4v) is 3.92. The van der Waals surface area contributed by atoms with E-state index >= 15 is 0 Å². The Morgan fingerprint density at radius 2 is 1.75 bits per heavy atom. The second kappa shape index (κ2) is 9.07. The average Bonchev–Trinajstić information content (AvgIpc) is 3.18. The van der Waals surface area contributed by atoms with Gasteiger partial charge in [0.25, 0.3) is 0 Å². The first-order valence-electron chi connectivity index (χ1n) is 9.95. The van der Waals surface area contributed by atoms with Gasteiger partial charge in [0.05, 0.1) is 33.0 Å². The average molecular weight is 467 g/mol. The molecule has 4 rings (SSSR count). The van der Waals surface area contributed by atoms with Gasteiger partial charge in [-0.05, 0) is 55.0 Å². The normalized spacial score (nSPS) is 12.0. The van der Waals surface area contributed by atoms with Crippen LogP contribution in [0.1, 0.15) is 22.7 Å². The van der Waals surface area contributed by atoms with Crippen LogP contribution in [0.4, 0.5) is 0 Å². The van der Waals surface area contributed by atoms with Crippen LogP contribution in [0, 0.1) is 6.92 Å². The summed E-state index contributed by atoms with van der Waals surface area (Å²) >= 11 is 12.3. The van der Waals surface area contributed by atoms with E-state index in [4.69, 9.17) is 28.3 Å². The summed E-state index contributed by atoms with van der Waals surface area (Å²) in [7, 11) is 0. The number of aryl methyl sites for hydroxylation is 1. The summed E-state index contributed by atoms with van der Waals surface area (Å²) < 4.78 is 1.71. The smallest absolute Gasteiger partial charge is 0.311 e. The van der Waals surface area contributed by atoms with Gasteiger partial charge in [-0.3, -0.25) is 4.79 Å². The number of phenolic OH excluding ortho intramolecular Hbond substituents is 1. The van der Waals surface area contributed by atoms with Crippen LogP contribution >= 0.6 is 23.2 Å². The molecule has 0 aliphatic carbocycles. The molecule has 0 bridgehead atoms. The number of rotatable bonds is 6. The van der Waals surface area contributed by atoms with Crippen LogP contribution in [0.3, 0.4) is 0 Å². The van der Waals surface area contributed by atoms with Gasteiger partial charge in [0, 0.05) is 12.0 Å². The van der Waals surface area contributed by atoms with Crippen molar-refractivity contribution in [2.24, 2.45) is 0 Å². The highest BCUT2D eigenvalue weighted by atomic mass is 35.5. The molecule has 1 unspecified atom stereocenters. The van der Waals surface area contributed by atoms with Crippen molar-refractivity contribution < 1.29 is 15.0 Å². The van der Waals surface area contributed by atoms with Crippen molar-refractivity contribution in [2.45, 2.75) is 19.3 Å². The first kappa shape index (κ1) is 21.9. The number of benzene rings is 3. The minimum absolute atomic E-state index is 0.141. The molecule has 0 spiro atoms. The summed E-state index contributed by atoms with van der Waals surface area (Å²) in [6.45, 7) is 1.93. The summed E-state index contributed by atoms with van der Waals surface area (Å²) in [6.07, 6.45) is 0.220. The fourth-order valence-electron chi connectivity index (χ4n) is 3.63. The highest BCUT2D eigenvalue weighted by molar-refractivity contribution is 6.42. The summed E-state index contributed by atoms with van der Waals surface area (Å²) in [5.74, 6) is -1.51. The van der Waals surface area contributed by atoms with E-state index in [-0.39, 0.29) is 12.2 Å². The summed E-state index contributed by atoms with van der Waals surface area (Å²) in [5.41, 5.74) is 4.59. The van der Waals surface area contributed by atoms with E-state index in [2.05, 4.69) is 0 Å². The van der Waals surface area contributed by atoms with Crippen molar-refractivity contribution in [3.8, 4) is 22.7 Å². The third kappa shape index (κ3) is 4.64. The number of carboxylic acid groups (broad SMARTS) is 1. The molecule has 0 saturated carbocycles. The number of aromatic hydroxyl groups is 1. The van der Waals surface area contributed by atoms with Crippen molar-refractivity contribution in [3.63, 3.8) is 0 Å². The molecule has 0 aliphatic rings. The molecule has 0 radical (unpaired) electrons. The molecule has 0 amide bonds. The topological polar surface area (TPSA) is 75.3 Å². The quantitative estimate of drug-likeness (QED) is 0.351. The maximum atomic E-state index is 12.1. The number of carboxylic acids is 1. The van der Waals surface area contributed by atoms with E-state index in [1.54, 1.807) is 41.1 Å². The second-order valence-electron chi connectivity index (χ2n) is 7.59. The zero-order valence-corrected chi connectivity index (χ0v) is 18.7. The van der Waals surface area contributed by atoms with Gasteiger partial charge in [-0.2, -0.15) is 5.10 Å². The zero-order chi connectivity index (χ0) is 22.8. The van der Waals surface area contributed by atoms with Gasteiger partial charge >= 0.3 is 5.97 Å². The molecule has 0 fully saturated rings. The van der Waals surface area contributed by atoms with E-state index in [1.807, 2.05) is 43.3 Å². The number of aliphatic carboxylic acids is 1. The Labute approximate surface area is 195 Å². The highest BCUT2D eigenvalue weighted by Crippen LogP contribution is 2.32. The molecule has 5 nitrogen and oxygen atoms in total. The van der Waals surface area contributed by atoms with Gasteiger partial charge in [0.1, 0.15) is 5.75 Å². The Hall–Kier alpha value is -3.28. The van der Waals surface area contributed by atoms with E-state index in [1.165, 1.54) is 0 Å². The van der Waals surface area contributed by atoms with Crippen LogP contribution in [0.2, 0.25) is 10.0 Å². The van der Waals surface area contributed by atoms with Gasteiger partial charge in [0.2, 0.25) is 0 Å². The Balaban J connectivity index is 1.80. The SMILES string of the molecule is Cc1cccc(C(Cc2cc(-c3ccc(Cl)c(Cl)c3)n(-c3ccc(O)cc3)n2)C(=O)O)c1. The third-order valence-corrected chi connectivity index (χ3v) is 5.96. The number of phenols is 1. The third-order valence-electron chi connectivity index (χ3n) is 5.23. The van der Waals surface area contributed by atoms with Crippen LogP contribution in [0.5, 0.6) is 5.75 Å². The van der Waals surface area contributed by atoms with Crippen LogP contribution < -0.4 is 0 Å². The van der Waals surface area contributed by atoms with Crippen LogP contribution in [-0.4, -0.2) is 26.0 Å². The first-order valence-corrected chi connectivity index (χ1v) is 10.7. The Morgan fingerprint density at radius 1 is 1.00 bits per heavy atom. The molecule has 0 saturated heterocycles. The van der Waals surface area contributed by atoms with E-state index < -0.39 is 11.9 Å². The Bertz CT molecular complexity index is 1280. The van der Waals surface area contributed by atoms with Crippen molar-refractivity contribution >= 4 is 29.2 Å². The number of aromatic nitrogens is 2. The molecule has 7 heteroatoms. The van der Waals surface area contributed by atoms with E-state index in [0.717, 1.165) is 28.1 Å². The van der Waals surface area contributed by atoms with Crippen LogP contribution in [0.25, 0.3) is 16.9 Å². The maximum Gasteiger partial charge on any atom is 0.311 e. The minimum atomic E-state index is -0.911. The number of halogens is 2. The van der Waals surface area contributed by atoms with Gasteiger partial charge in [-0.25, -0.2) is 4.68 Å².